The van der Waals surface area contributed by atoms with E-state index in [0.29, 0.717) is 0 Å². The Labute approximate surface area is 120 Å². The van der Waals surface area contributed by atoms with Gasteiger partial charge >= 0.3 is 0 Å². The molecule has 4 nitrogen and oxygen atoms in total. The largest absolute Gasteiger partial charge is 0.342 e. The molecule has 1 aromatic carbocycles. The molecule has 1 unspecified atom stereocenters. The minimum atomic E-state index is -0.482. The summed E-state index contributed by atoms with van der Waals surface area (Å²) < 4.78 is 0. The monoisotopic (exact) mass is 274 g/mol. The van der Waals surface area contributed by atoms with E-state index in [1.54, 1.807) is 4.90 Å². The van der Waals surface area contributed by atoms with Crippen molar-refractivity contribution >= 4 is 17.5 Å². The Balaban J connectivity index is 2.40. The zero-order valence-corrected chi connectivity index (χ0v) is 12.8. The quantitative estimate of drug-likeness (QED) is 0.853. The molecule has 1 aliphatic rings. The van der Waals surface area contributed by atoms with Crippen LogP contribution in [0, 0.1) is 19.3 Å². The second-order valence-electron chi connectivity index (χ2n) is 6.58. The Morgan fingerprint density at radius 3 is 2.40 bits per heavy atom. The molecule has 0 spiro atoms. The summed E-state index contributed by atoms with van der Waals surface area (Å²) in [6.45, 7) is 9.95. The van der Waals surface area contributed by atoms with Gasteiger partial charge in [0.15, 0.2) is 0 Å². The molecule has 108 valence electrons. The Morgan fingerprint density at radius 2 is 1.85 bits per heavy atom. The van der Waals surface area contributed by atoms with Crippen LogP contribution in [0.4, 0.5) is 5.69 Å². The summed E-state index contributed by atoms with van der Waals surface area (Å²) in [5.74, 6) is -0.145. The van der Waals surface area contributed by atoms with Crippen molar-refractivity contribution in [2.75, 3.05) is 11.4 Å². The molecular weight excluding hydrogens is 252 g/mol. The van der Waals surface area contributed by atoms with Crippen molar-refractivity contribution in [2.24, 2.45) is 5.41 Å². The third-order valence-electron chi connectivity index (χ3n) is 3.63. The molecule has 2 amide bonds. The highest BCUT2D eigenvalue weighted by Crippen LogP contribution is 2.28. The lowest BCUT2D eigenvalue weighted by Gasteiger charge is -2.39. The molecule has 0 aliphatic carbocycles. The number of hydrogen-bond acceptors (Lipinski definition) is 2. The third-order valence-corrected chi connectivity index (χ3v) is 3.63. The normalized spacial score (nSPS) is 20.1. The molecule has 2 rings (SSSR count). The maximum Gasteiger partial charge on any atom is 0.250 e. The van der Waals surface area contributed by atoms with Crippen LogP contribution in [0.3, 0.4) is 0 Å². The van der Waals surface area contributed by atoms with Gasteiger partial charge in [-0.2, -0.15) is 0 Å². The zero-order chi connectivity index (χ0) is 15.1. The van der Waals surface area contributed by atoms with Crippen molar-refractivity contribution in [1.82, 2.24) is 5.32 Å². The Morgan fingerprint density at radius 1 is 1.20 bits per heavy atom. The number of hydrogen-bond donors (Lipinski definition) is 1. The minimum absolute atomic E-state index is 0.0379. The van der Waals surface area contributed by atoms with Crippen LogP contribution < -0.4 is 10.2 Å². The predicted molar refractivity (Wildman–Crippen MR) is 79.7 cm³/mol. The van der Waals surface area contributed by atoms with Gasteiger partial charge in [-0.15, -0.1) is 0 Å². The van der Waals surface area contributed by atoms with Gasteiger partial charge in [0, 0.05) is 5.69 Å². The summed E-state index contributed by atoms with van der Waals surface area (Å²) in [6.07, 6.45) is 0. The van der Waals surface area contributed by atoms with Crippen LogP contribution in [0.25, 0.3) is 0 Å². The van der Waals surface area contributed by atoms with E-state index in [9.17, 15) is 9.59 Å². The number of nitrogens with zero attached hydrogens (tertiary/aromatic N) is 1. The number of amides is 2. The number of aryl methyl sites for hydroxylation is 2. The summed E-state index contributed by atoms with van der Waals surface area (Å²) in [5.41, 5.74) is 2.68. The van der Waals surface area contributed by atoms with Crippen LogP contribution in [0.1, 0.15) is 31.9 Å². The van der Waals surface area contributed by atoms with E-state index >= 15 is 0 Å². The van der Waals surface area contributed by atoms with E-state index in [-0.39, 0.29) is 23.8 Å². The number of benzene rings is 1. The Bertz CT molecular complexity index is 558. The van der Waals surface area contributed by atoms with E-state index in [1.165, 1.54) is 0 Å². The summed E-state index contributed by atoms with van der Waals surface area (Å²) in [6, 6.07) is 5.43. The second kappa shape index (κ2) is 4.93. The van der Waals surface area contributed by atoms with Crippen LogP contribution in [0.2, 0.25) is 0 Å². The highest BCUT2D eigenvalue weighted by Gasteiger charge is 2.40. The summed E-state index contributed by atoms with van der Waals surface area (Å²) >= 11 is 0. The Hall–Kier alpha value is -1.84. The van der Waals surface area contributed by atoms with Crippen molar-refractivity contribution in [1.29, 1.82) is 0 Å². The third kappa shape index (κ3) is 2.69. The van der Waals surface area contributed by atoms with Crippen molar-refractivity contribution in [3.8, 4) is 0 Å². The fourth-order valence-electron chi connectivity index (χ4n) is 2.54. The molecule has 0 saturated carbocycles. The summed E-state index contributed by atoms with van der Waals surface area (Å²) in [7, 11) is 0. The van der Waals surface area contributed by atoms with E-state index in [1.807, 2.05) is 52.8 Å². The lowest BCUT2D eigenvalue weighted by molar-refractivity contribution is -0.133. The fourth-order valence-corrected chi connectivity index (χ4v) is 2.54. The number of rotatable bonds is 1. The van der Waals surface area contributed by atoms with E-state index < -0.39 is 6.04 Å². The van der Waals surface area contributed by atoms with Crippen molar-refractivity contribution in [2.45, 2.75) is 40.7 Å². The molecular formula is C16H22N2O2. The van der Waals surface area contributed by atoms with Crippen LogP contribution in [0.5, 0.6) is 0 Å². The number of carbonyl (C=O) groups is 2. The Kier molecular flexibility index (Phi) is 3.59. The van der Waals surface area contributed by atoms with E-state index in [0.717, 1.165) is 16.8 Å². The number of carbonyl (C=O) groups excluding carboxylic acids is 2. The van der Waals surface area contributed by atoms with Crippen molar-refractivity contribution in [3.63, 3.8) is 0 Å². The van der Waals surface area contributed by atoms with Gasteiger partial charge in [0.2, 0.25) is 5.91 Å². The average molecular weight is 274 g/mol. The SMILES string of the molecule is Cc1ccc(N2CC(=O)NC(C(C)(C)C)C2=O)c(C)c1. The molecule has 1 aliphatic heterocycles. The number of piperazine rings is 1. The predicted octanol–water partition coefficient (Wildman–Crippen LogP) is 2.18. The maximum absolute atomic E-state index is 12.7. The number of anilines is 1. The molecule has 0 radical (unpaired) electrons. The molecule has 0 bridgehead atoms. The van der Waals surface area contributed by atoms with Crippen LogP contribution in [0.15, 0.2) is 18.2 Å². The van der Waals surface area contributed by atoms with Gasteiger partial charge in [-0.1, -0.05) is 38.5 Å². The topological polar surface area (TPSA) is 49.4 Å². The standard InChI is InChI=1S/C16H22N2O2/c1-10-6-7-12(11(2)8-10)18-9-13(19)17-14(15(18)20)16(3,4)5/h6-8,14H,9H2,1-5H3,(H,17,19). The lowest BCUT2D eigenvalue weighted by Crippen LogP contribution is -2.62. The molecule has 1 atom stereocenters. The van der Waals surface area contributed by atoms with Gasteiger partial charge in [0.25, 0.3) is 5.91 Å². The molecule has 1 heterocycles. The fraction of sp³-hybridized carbons (Fsp3) is 0.500. The van der Waals surface area contributed by atoms with Crippen LogP contribution in [-0.4, -0.2) is 24.4 Å². The first kappa shape index (κ1) is 14.6. The average Bonchev–Trinajstić information content (AvgIpc) is 2.31. The molecule has 20 heavy (non-hydrogen) atoms. The van der Waals surface area contributed by atoms with Crippen molar-refractivity contribution in [3.05, 3.63) is 29.3 Å². The second-order valence-corrected chi connectivity index (χ2v) is 6.58. The molecule has 1 fully saturated rings. The van der Waals surface area contributed by atoms with Crippen molar-refractivity contribution < 1.29 is 9.59 Å². The van der Waals surface area contributed by atoms with Gasteiger partial charge in [-0.3, -0.25) is 9.59 Å². The first-order valence-corrected chi connectivity index (χ1v) is 6.88. The molecule has 4 heteroatoms. The van der Waals surface area contributed by atoms with Crippen LogP contribution in [-0.2, 0) is 9.59 Å². The van der Waals surface area contributed by atoms with Gasteiger partial charge < -0.3 is 10.2 Å². The molecule has 1 aromatic rings. The molecule has 0 aromatic heterocycles. The van der Waals surface area contributed by atoms with Gasteiger partial charge in [0.05, 0.1) is 0 Å². The van der Waals surface area contributed by atoms with Gasteiger partial charge in [-0.25, -0.2) is 0 Å². The van der Waals surface area contributed by atoms with E-state index in [2.05, 4.69) is 5.32 Å². The first-order valence-electron chi connectivity index (χ1n) is 6.88. The van der Waals surface area contributed by atoms with Gasteiger partial charge in [0.1, 0.15) is 12.6 Å². The summed E-state index contributed by atoms with van der Waals surface area (Å²) in [5, 5.41) is 2.81. The minimum Gasteiger partial charge on any atom is -0.342 e. The highest BCUT2D eigenvalue weighted by atomic mass is 16.2. The molecule has 1 saturated heterocycles. The summed E-state index contributed by atoms with van der Waals surface area (Å²) in [4.78, 5) is 26.2. The zero-order valence-electron chi connectivity index (χ0n) is 12.8. The molecule has 1 N–H and O–H groups in total. The van der Waals surface area contributed by atoms with Gasteiger partial charge in [-0.05, 0) is 30.9 Å². The smallest absolute Gasteiger partial charge is 0.250 e. The lowest BCUT2D eigenvalue weighted by atomic mass is 9.84. The van der Waals surface area contributed by atoms with Crippen LogP contribution >= 0.6 is 0 Å². The highest BCUT2D eigenvalue weighted by molar-refractivity contribution is 6.07. The first-order chi connectivity index (χ1) is 9.20. The van der Waals surface area contributed by atoms with E-state index in [4.69, 9.17) is 0 Å². The maximum atomic E-state index is 12.7. The number of nitrogens with one attached hydrogen (secondary N) is 1.